The lowest BCUT2D eigenvalue weighted by atomic mass is 10.1. The predicted molar refractivity (Wildman–Crippen MR) is 118 cm³/mol. The first-order valence-electron chi connectivity index (χ1n) is 9.26. The summed E-state index contributed by atoms with van der Waals surface area (Å²) in [6.07, 6.45) is 0.531. The number of hydrogen-bond acceptors (Lipinski definition) is 5. The van der Waals surface area contributed by atoms with Crippen molar-refractivity contribution in [3.8, 4) is 0 Å². The van der Waals surface area contributed by atoms with Crippen LogP contribution >= 0.6 is 12.2 Å². The number of benzene rings is 2. The average molecular weight is 446 g/mol. The number of carbonyl (C=O) groups is 1. The molecule has 3 rings (SSSR count). The number of rotatable bonds is 7. The summed E-state index contributed by atoms with van der Waals surface area (Å²) in [5, 5.41) is 9.60. The fraction of sp³-hybridized carbons (Fsp3) is 0.250. The van der Waals surface area contributed by atoms with E-state index in [4.69, 9.17) is 12.2 Å². The summed E-state index contributed by atoms with van der Waals surface area (Å²) in [6.45, 7) is 4.19. The van der Waals surface area contributed by atoms with Crippen molar-refractivity contribution in [1.29, 1.82) is 0 Å². The van der Waals surface area contributed by atoms with Crippen LogP contribution in [-0.2, 0) is 23.5 Å². The van der Waals surface area contributed by atoms with Gasteiger partial charge in [-0.05, 0) is 73.6 Å². The Morgan fingerprint density at radius 1 is 1.13 bits per heavy atom. The van der Waals surface area contributed by atoms with Crippen LogP contribution in [-0.4, -0.2) is 35.6 Å². The van der Waals surface area contributed by atoms with E-state index in [1.807, 2.05) is 13.8 Å². The molecular formula is C20H23N5O3S2. The van der Waals surface area contributed by atoms with E-state index in [1.54, 1.807) is 54.1 Å². The highest BCUT2D eigenvalue weighted by Gasteiger charge is 2.15. The number of aryl methyl sites for hydroxylation is 2. The lowest BCUT2D eigenvalue weighted by Crippen LogP contribution is -2.26. The van der Waals surface area contributed by atoms with Gasteiger partial charge in [-0.2, -0.15) is 5.10 Å². The first-order valence-corrected chi connectivity index (χ1v) is 11.1. The zero-order valence-electron chi connectivity index (χ0n) is 16.9. The first-order chi connectivity index (χ1) is 14.2. The minimum Gasteiger partial charge on any atom is -0.352 e. The summed E-state index contributed by atoms with van der Waals surface area (Å²) in [6, 6.07) is 11.2. The van der Waals surface area contributed by atoms with Gasteiger partial charge in [0.05, 0.1) is 4.90 Å². The molecule has 10 heteroatoms. The highest BCUT2D eigenvalue weighted by molar-refractivity contribution is 7.92. The lowest BCUT2D eigenvalue weighted by Gasteiger charge is -2.10. The van der Waals surface area contributed by atoms with E-state index in [0.717, 1.165) is 17.0 Å². The standard InChI is InChI=1S/C20H23N5O3S2/c1-13-4-9-17(12-14(13)2)30(27,28)24-16-7-5-15(6-8-16)19(26)21-11-10-18-22-23-20(29)25(18)3/h4-9,12,24H,10-11H2,1-3H3,(H,21,26)(H,23,29). The van der Waals surface area contributed by atoms with Gasteiger partial charge in [-0.1, -0.05) is 6.07 Å². The number of H-pyrrole nitrogens is 1. The average Bonchev–Trinajstić information content (AvgIpc) is 3.02. The van der Waals surface area contributed by atoms with Crippen molar-refractivity contribution in [3.63, 3.8) is 0 Å². The van der Waals surface area contributed by atoms with Crippen LogP contribution in [0.2, 0.25) is 0 Å². The molecule has 158 valence electrons. The first kappa shape index (κ1) is 21.7. The van der Waals surface area contributed by atoms with Crippen LogP contribution in [0.4, 0.5) is 5.69 Å². The second-order valence-electron chi connectivity index (χ2n) is 6.94. The van der Waals surface area contributed by atoms with Gasteiger partial charge < -0.3 is 9.88 Å². The van der Waals surface area contributed by atoms with E-state index in [2.05, 4.69) is 20.2 Å². The number of amides is 1. The topological polar surface area (TPSA) is 109 Å². The van der Waals surface area contributed by atoms with Gasteiger partial charge in [0.1, 0.15) is 5.82 Å². The molecule has 0 unspecified atom stereocenters. The van der Waals surface area contributed by atoms with Crippen molar-refractivity contribution < 1.29 is 13.2 Å². The van der Waals surface area contributed by atoms with Crippen LogP contribution in [0.1, 0.15) is 27.3 Å². The normalized spacial score (nSPS) is 11.3. The number of nitrogens with zero attached hydrogens (tertiary/aromatic N) is 2. The zero-order valence-corrected chi connectivity index (χ0v) is 18.5. The van der Waals surface area contributed by atoms with E-state index in [-0.39, 0.29) is 10.8 Å². The monoisotopic (exact) mass is 445 g/mol. The molecule has 2 aromatic carbocycles. The van der Waals surface area contributed by atoms with Gasteiger partial charge in [-0.15, -0.1) is 0 Å². The van der Waals surface area contributed by atoms with Crippen LogP contribution < -0.4 is 10.0 Å². The predicted octanol–water partition coefficient (Wildman–Crippen LogP) is 2.87. The number of nitrogens with one attached hydrogen (secondary N) is 3. The highest BCUT2D eigenvalue weighted by atomic mass is 32.2. The maximum Gasteiger partial charge on any atom is 0.261 e. The Morgan fingerprint density at radius 2 is 1.83 bits per heavy atom. The minimum atomic E-state index is -3.70. The molecule has 8 nitrogen and oxygen atoms in total. The van der Waals surface area contributed by atoms with Gasteiger partial charge in [-0.25, -0.2) is 8.42 Å². The lowest BCUT2D eigenvalue weighted by molar-refractivity contribution is 0.0954. The van der Waals surface area contributed by atoms with Crippen molar-refractivity contribution in [1.82, 2.24) is 20.1 Å². The van der Waals surface area contributed by atoms with E-state index in [0.29, 0.717) is 29.0 Å². The van der Waals surface area contributed by atoms with Gasteiger partial charge in [0, 0.05) is 31.3 Å². The molecule has 0 spiro atoms. The van der Waals surface area contributed by atoms with Gasteiger partial charge in [0.25, 0.3) is 15.9 Å². The molecule has 3 N–H and O–H groups in total. The summed E-state index contributed by atoms with van der Waals surface area (Å²) in [4.78, 5) is 12.5. The van der Waals surface area contributed by atoms with E-state index < -0.39 is 10.0 Å². The Kier molecular flexibility index (Phi) is 6.37. The number of aromatic amines is 1. The van der Waals surface area contributed by atoms with E-state index in [9.17, 15) is 13.2 Å². The molecule has 0 bridgehead atoms. The molecule has 1 amide bonds. The molecule has 3 aromatic rings. The Labute approximate surface area is 180 Å². The van der Waals surface area contributed by atoms with Crippen molar-refractivity contribution in [2.24, 2.45) is 7.05 Å². The quantitative estimate of drug-likeness (QED) is 0.485. The smallest absolute Gasteiger partial charge is 0.261 e. The molecule has 1 aromatic heterocycles. The van der Waals surface area contributed by atoms with Crippen molar-refractivity contribution in [2.75, 3.05) is 11.3 Å². The van der Waals surface area contributed by atoms with Gasteiger partial charge >= 0.3 is 0 Å². The van der Waals surface area contributed by atoms with Crippen LogP contribution in [0.15, 0.2) is 47.4 Å². The van der Waals surface area contributed by atoms with E-state index in [1.165, 1.54) is 0 Å². The summed E-state index contributed by atoms with van der Waals surface area (Å²) in [5.41, 5.74) is 2.73. The Morgan fingerprint density at radius 3 is 2.43 bits per heavy atom. The third-order valence-corrected chi connectivity index (χ3v) is 6.54. The Bertz CT molecular complexity index is 1230. The largest absolute Gasteiger partial charge is 0.352 e. The highest BCUT2D eigenvalue weighted by Crippen LogP contribution is 2.19. The summed E-state index contributed by atoms with van der Waals surface area (Å²) in [5.74, 6) is 0.492. The summed E-state index contributed by atoms with van der Waals surface area (Å²) in [7, 11) is -1.90. The Balaban J connectivity index is 1.61. The third-order valence-electron chi connectivity index (χ3n) is 4.79. The minimum absolute atomic E-state index is 0.196. The molecule has 0 aliphatic heterocycles. The molecule has 1 heterocycles. The number of sulfonamides is 1. The number of aromatic nitrogens is 3. The van der Waals surface area contributed by atoms with Crippen LogP contribution in [0.25, 0.3) is 0 Å². The molecule has 0 saturated heterocycles. The summed E-state index contributed by atoms with van der Waals surface area (Å²) < 4.78 is 30.0. The summed E-state index contributed by atoms with van der Waals surface area (Å²) >= 11 is 5.05. The third kappa shape index (κ3) is 4.95. The van der Waals surface area contributed by atoms with Crippen LogP contribution in [0.3, 0.4) is 0 Å². The van der Waals surface area contributed by atoms with Gasteiger partial charge in [0.2, 0.25) is 0 Å². The SMILES string of the molecule is Cc1ccc(S(=O)(=O)Nc2ccc(C(=O)NCCc3n[nH]c(=S)n3C)cc2)cc1C. The number of anilines is 1. The number of carbonyl (C=O) groups excluding carboxylic acids is 1. The van der Waals surface area contributed by atoms with Gasteiger partial charge in [0.15, 0.2) is 4.77 Å². The van der Waals surface area contributed by atoms with Crippen molar-refractivity contribution in [2.45, 2.75) is 25.2 Å². The van der Waals surface area contributed by atoms with Gasteiger partial charge in [-0.3, -0.25) is 14.6 Å². The zero-order chi connectivity index (χ0) is 21.9. The van der Waals surface area contributed by atoms with Crippen molar-refractivity contribution in [3.05, 3.63) is 69.8 Å². The molecule has 0 atom stereocenters. The molecular weight excluding hydrogens is 422 g/mol. The second kappa shape index (κ2) is 8.80. The molecule has 0 radical (unpaired) electrons. The fourth-order valence-corrected chi connectivity index (χ4v) is 4.07. The van der Waals surface area contributed by atoms with Crippen LogP contribution in [0, 0.1) is 18.6 Å². The molecule has 0 aliphatic carbocycles. The van der Waals surface area contributed by atoms with Crippen molar-refractivity contribution >= 4 is 33.8 Å². The Hall–Kier alpha value is -2.98. The molecule has 30 heavy (non-hydrogen) atoms. The van der Waals surface area contributed by atoms with Crippen LogP contribution in [0.5, 0.6) is 0 Å². The number of hydrogen-bond donors (Lipinski definition) is 3. The fourth-order valence-electron chi connectivity index (χ4n) is 2.78. The molecule has 0 saturated carbocycles. The maximum atomic E-state index is 12.6. The van der Waals surface area contributed by atoms with E-state index >= 15 is 0 Å². The molecule has 0 aliphatic rings. The maximum absolute atomic E-state index is 12.6. The second-order valence-corrected chi connectivity index (χ2v) is 9.01. The molecule has 0 fully saturated rings.